The van der Waals surface area contributed by atoms with Gasteiger partial charge in [-0.2, -0.15) is 0 Å². The molecule has 0 spiro atoms. The van der Waals surface area contributed by atoms with Crippen molar-refractivity contribution in [1.82, 2.24) is 14.8 Å². The molecule has 2 aromatic rings. The third-order valence-electron chi connectivity index (χ3n) is 3.59. The van der Waals surface area contributed by atoms with Gasteiger partial charge in [-0.3, -0.25) is 4.79 Å². The van der Waals surface area contributed by atoms with Crippen molar-refractivity contribution in [2.75, 3.05) is 19.5 Å². The molecule has 0 amide bonds. The van der Waals surface area contributed by atoms with Crippen LogP contribution in [0.15, 0.2) is 23.6 Å². The zero-order chi connectivity index (χ0) is 16.1. The largest absolute Gasteiger partial charge is 0.383 e. The molecular weight excluding hydrogens is 298 g/mol. The number of Topliss-reactive ketones (excluding diaryl/α,β-unsaturated/α-hetero) is 1. The predicted octanol–water partition coefficient (Wildman–Crippen LogP) is 2.82. The van der Waals surface area contributed by atoms with Gasteiger partial charge >= 0.3 is 0 Å². The maximum Gasteiger partial charge on any atom is 0.191 e. The zero-order valence-corrected chi connectivity index (χ0v) is 14.2. The summed E-state index contributed by atoms with van der Waals surface area (Å²) in [6, 6.07) is 4.04. The number of hydrogen-bond donors (Lipinski definition) is 0. The normalized spacial score (nSPS) is 10.9. The molecule has 0 atom stereocenters. The van der Waals surface area contributed by atoms with Crippen LogP contribution in [-0.4, -0.2) is 40.0 Å². The summed E-state index contributed by atoms with van der Waals surface area (Å²) in [7, 11) is 1.66. The number of nitrogens with zero attached hydrogens (tertiary/aromatic N) is 3. The van der Waals surface area contributed by atoms with E-state index in [1.54, 1.807) is 13.4 Å². The Balaban J connectivity index is 2.04. The highest BCUT2D eigenvalue weighted by Crippen LogP contribution is 2.20. The minimum Gasteiger partial charge on any atom is -0.383 e. The first-order valence-corrected chi connectivity index (χ1v) is 8.12. The lowest BCUT2D eigenvalue weighted by Crippen LogP contribution is -2.08. The van der Waals surface area contributed by atoms with E-state index in [0.29, 0.717) is 18.9 Å². The number of ketones is 1. The smallest absolute Gasteiger partial charge is 0.191 e. The van der Waals surface area contributed by atoms with E-state index in [0.717, 1.165) is 21.8 Å². The van der Waals surface area contributed by atoms with E-state index in [4.69, 9.17) is 4.74 Å². The molecule has 5 nitrogen and oxygen atoms in total. The number of aryl methyl sites for hydroxylation is 3. The SMILES string of the molecule is COCCn1cnnc1SCC(=O)c1cc(C)c(C)cc1C. The van der Waals surface area contributed by atoms with Gasteiger partial charge in [0.1, 0.15) is 6.33 Å². The second-order valence-corrected chi connectivity index (χ2v) is 6.21. The van der Waals surface area contributed by atoms with Crippen molar-refractivity contribution < 1.29 is 9.53 Å². The fourth-order valence-corrected chi connectivity index (χ4v) is 2.99. The number of methoxy groups -OCH3 is 1. The highest BCUT2D eigenvalue weighted by atomic mass is 32.2. The zero-order valence-electron chi connectivity index (χ0n) is 13.4. The lowest BCUT2D eigenvalue weighted by Gasteiger charge is -2.09. The quantitative estimate of drug-likeness (QED) is 0.580. The monoisotopic (exact) mass is 319 g/mol. The Bertz CT molecular complexity index is 667. The number of rotatable bonds is 7. The highest BCUT2D eigenvalue weighted by molar-refractivity contribution is 7.99. The number of carbonyl (C=O) groups excluding carboxylic acids is 1. The maximum atomic E-state index is 12.4. The number of carbonyl (C=O) groups is 1. The van der Waals surface area contributed by atoms with E-state index in [1.165, 1.54) is 17.3 Å². The standard InChI is InChI=1S/C16H21N3O2S/c1-11-7-13(3)14(8-12(11)2)15(20)9-22-16-18-17-10-19(16)5-6-21-4/h7-8,10H,5-6,9H2,1-4H3. The van der Waals surface area contributed by atoms with Gasteiger partial charge in [-0.15, -0.1) is 10.2 Å². The molecule has 118 valence electrons. The summed E-state index contributed by atoms with van der Waals surface area (Å²) in [6.45, 7) is 7.34. The Hall–Kier alpha value is -1.66. The summed E-state index contributed by atoms with van der Waals surface area (Å²) in [5, 5.41) is 8.69. The van der Waals surface area contributed by atoms with Crippen LogP contribution in [0.3, 0.4) is 0 Å². The van der Waals surface area contributed by atoms with Gasteiger partial charge in [0.05, 0.1) is 12.4 Å². The van der Waals surface area contributed by atoms with Gasteiger partial charge in [-0.25, -0.2) is 0 Å². The van der Waals surface area contributed by atoms with Crippen LogP contribution < -0.4 is 0 Å². The van der Waals surface area contributed by atoms with E-state index in [2.05, 4.69) is 23.2 Å². The molecule has 0 unspecified atom stereocenters. The van der Waals surface area contributed by atoms with Crippen LogP contribution in [0.25, 0.3) is 0 Å². The van der Waals surface area contributed by atoms with Crippen LogP contribution in [0.2, 0.25) is 0 Å². The highest BCUT2D eigenvalue weighted by Gasteiger charge is 2.13. The predicted molar refractivity (Wildman–Crippen MR) is 87.6 cm³/mol. The summed E-state index contributed by atoms with van der Waals surface area (Å²) in [4.78, 5) is 12.4. The molecule has 6 heteroatoms. The Morgan fingerprint density at radius 2 is 1.95 bits per heavy atom. The second-order valence-electron chi connectivity index (χ2n) is 5.26. The molecule has 0 aliphatic rings. The van der Waals surface area contributed by atoms with Gasteiger partial charge in [0.25, 0.3) is 0 Å². The molecule has 0 radical (unpaired) electrons. The van der Waals surface area contributed by atoms with Crippen LogP contribution in [-0.2, 0) is 11.3 Å². The molecule has 22 heavy (non-hydrogen) atoms. The van der Waals surface area contributed by atoms with Crippen LogP contribution in [0, 0.1) is 20.8 Å². The third kappa shape index (κ3) is 3.96. The molecule has 1 aromatic heterocycles. The maximum absolute atomic E-state index is 12.4. The van der Waals surface area contributed by atoms with E-state index in [-0.39, 0.29) is 5.78 Å². The second kappa shape index (κ2) is 7.56. The average molecular weight is 319 g/mol. The molecule has 0 aliphatic heterocycles. The molecule has 1 aromatic carbocycles. The topological polar surface area (TPSA) is 57.0 Å². The lowest BCUT2D eigenvalue weighted by atomic mass is 9.99. The van der Waals surface area contributed by atoms with Crippen molar-refractivity contribution in [2.45, 2.75) is 32.5 Å². The molecule has 0 N–H and O–H groups in total. The molecule has 0 fully saturated rings. The first-order valence-electron chi connectivity index (χ1n) is 7.13. The summed E-state index contributed by atoms with van der Waals surface area (Å²) >= 11 is 1.41. The van der Waals surface area contributed by atoms with E-state index < -0.39 is 0 Å². The fraction of sp³-hybridized carbons (Fsp3) is 0.438. The number of aromatic nitrogens is 3. The molecule has 0 saturated carbocycles. The molecular formula is C16H21N3O2S. The van der Waals surface area contributed by atoms with E-state index in [1.807, 2.05) is 24.5 Å². The summed E-state index contributed by atoms with van der Waals surface area (Å²) in [6.07, 6.45) is 1.66. The van der Waals surface area contributed by atoms with Crippen LogP contribution in [0.1, 0.15) is 27.0 Å². The van der Waals surface area contributed by atoms with Crippen LogP contribution in [0.5, 0.6) is 0 Å². The first-order chi connectivity index (χ1) is 10.5. The van der Waals surface area contributed by atoms with Gasteiger partial charge in [-0.1, -0.05) is 17.8 Å². The van der Waals surface area contributed by atoms with Gasteiger partial charge in [0.2, 0.25) is 0 Å². The Morgan fingerprint density at radius 3 is 2.68 bits per heavy atom. The number of benzene rings is 1. The Labute approximate surface area is 135 Å². The van der Waals surface area contributed by atoms with Crippen molar-refractivity contribution in [1.29, 1.82) is 0 Å². The van der Waals surface area contributed by atoms with Crippen LogP contribution >= 0.6 is 11.8 Å². The molecule has 0 saturated heterocycles. The minimum atomic E-state index is 0.117. The summed E-state index contributed by atoms with van der Waals surface area (Å²) in [5.74, 6) is 0.474. The van der Waals surface area contributed by atoms with Crippen molar-refractivity contribution in [3.8, 4) is 0 Å². The Kier molecular flexibility index (Phi) is 5.74. The Morgan fingerprint density at radius 1 is 1.23 bits per heavy atom. The third-order valence-corrected chi connectivity index (χ3v) is 4.57. The van der Waals surface area contributed by atoms with Gasteiger partial charge in [0, 0.05) is 19.2 Å². The lowest BCUT2D eigenvalue weighted by molar-refractivity contribution is 0.102. The number of thioether (sulfide) groups is 1. The van der Waals surface area contributed by atoms with Gasteiger partial charge < -0.3 is 9.30 Å². The fourth-order valence-electron chi connectivity index (χ4n) is 2.17. The van der Waals surface area contributed by atoms with Gasteiger partial charge in [0.15, 0.2) is 10.9 Å². The molecule has 1 heterocycles. The van der Waals surface area contributed by atoms with Crippen molar-refractivity contribution in [3.05, 3.63) is 40.7 Å². The van der Waals surface area contributed by atoms with Crippen molar-refractivity contribution in [2.24, 2.45) is 0 Å². The molecule has 0 aliphatic carbocycles. The van der Waals surface area contributed by atoms with E-state index in [9.17, 15) is 4.79 Å². The van der Waals surface area contributed by atoms with Crippen molar-refractivity contribution >= 4 is 17.5 Å². The number of ether oxygens (including phenoxy) is 1. The summed E-state index contributed by atoms with van der Waals surface area (Å²) in [5.41, 5.74) is 4.16. The van der Waals surface area contributed by atoms with Crippen molar-refractivity contribution in [3.63, 3.8) is 0 Å². The van der Waals surface area contributed by atoms with Crippen LogP contribution in [0.4, 0.5) is 0 Å². The minimum absolute atomic E-state index is 0.117. The first kappa shape index (κ1) is 16.7. The molecule has 2 rings (SSSR count). The summed E-state index contributed by atoms with van der Waals surface area (Å²) < 4.78 is 6.95. The van der Waals surface area contributed by atoms with E-state index >= 15 is 0 Å². The average Bonchev–Trinajstić information content (AvgIpc) is 2.93. The van der Waals surface area contributed by atoms with Gasteiger partial charge in [-0.05, 0) is 43.5 Å². The molecule has 0 bridgehead atoms. The number of hydrogen-bond acceptors (Lipinski definition) is 5.